The highest BCUT2D eigenvalue weighted by Crippen LogP contribution is 2.37. The van der Waals surface area contributed by atoms with E-state index in [-0.39, 0.29) is 11.6 Å². The lowest BCUT2D eigenvalue weighted by Crippen LogP contribution is -2.29. The van der Waals surface area contributed by atoms with Crippen molar-refractivity contribution in [2.45, 2.75) is 37.9 Å². The van der Waals surface area contributed by atoms with Gasteiger partial charge >= 0.3 is 0 Å². The van der Waals surface area contributed by atoms with Crippen LogP contribution in [0.3, 0.4) is 0 Å². The van der Waals surface area contributed by atoms with E-state index in [2.05, 4.69) is 25.1 Å². The predicted molar refractivity (Wildman–Crippen MR) is 134 cm³/mol. The highest BCUT2D eigenvalue weighted by Gasteiger charge is 2.34. The zero-order chi connectivity index (χ0) is 26.0. The van der Waals surface area contributed by atoms with E-state index < -0.39 is 26.9 Å². The lowest BCUT2D eigenvalue weighted by molar-refractivity contribution is 0.166. The molecule has 2 atom stereocenters. The van der Waals surface area contributed by atoms with Crippen molar-refractivity contribution in [2.24, 2.45) is 0 Å². The molecule has 11 nitrogen and oxygen atoms in total. The first-order valence-corrected chi connectivity index (χ1v) is 13.5. The van der Waals surface area contributed by atoms with Crippen LogP contribution in [-0.4, -0.2) is 62.7 Å². The SMILES string of the molecule is COc1cccc(OC)c1-n1c(CS(=O)(=O)[C@@H](C)[C@H](O)c2ncc(C)cn2)nnc1-c1csc(C)n1. The minimum Gasteiger partial charge on any atom is -0.494 e. The van der Waals surface area contributed by atoms with E-state index in [0.717, 1.165) is 10.6 Å². The Balaban J connectivity index is 1.81. The van der Waals surface area contributed by atoms with Gasteiger partial charge in [0.2, 0.25) is 0 Å². The van der Waals surface area contributed by atoms with Crippen LogP contribution in [0.1, 0.15) is 35.2 Å². The molecule has 4 rings (SSSR count). The summed E-state index contributed by atoms with van der Waals surface area (Å²) < 4.78 is 39.6. The van der Waals surface area contributed by atoms with Crippen LogP contribution in [0.4, 0.5) is 0 Å². The van der Waals surface area contributed by atoms with Gasteiger partial charge < -0.3 is 14.6 Å². The Hall–Kier alpha value is -3.42. The Morgan fingerprint density at radius 2 is 1.72 bits per heavy atom. The monoisotopic (exact) mass is 530 g/mol. The number of para-hydroxylation sites is 1. The van der Waals surface area contributed by atoms with E-state index in [1.165, 1.54) is 44.9 Å². The molecular weight excluding hydrogens is 504 g/mol. The molecule has 0 amide bonds. The Kier molecular flexibility index (Phi) is 7.33. The molecule has 0 fully saturated rings. The number of aliphatic hydroxyl groups excluding tert-OH is 1. The minimum absolute atomic E-state index is 0.0307. The van der Waals surface area contributed by atoms with Crippen molar-refractivity contribution < 1.29 is 23.0 Å². The number of hydrogen-bond acceptors (Lipinski definition) is 11. The number of benzene rings is 1. The van der Waals surface area contributed by atoms with Gasteiger partial charge in [0, 0.05) is 17.8 Å². The summed E-state index contributed by atoms with van der Waals surface area (Å²) in [6.07, 6.45) is 1.63. The van der Waals surface area contributed by atoms with Crippen molar-refractivity contribution in [3.63, 3.8) is 0 Å². The quantitative estimate of drug-likeness (QED) is 0.343. The third kappa shape index (κ3) is 4.94. The first-order chi connectivity index (χ1) is 17.2. The number of ether oxygens (including phenoxy) is 2. The Morgan fingerprint density at radius 3 is 2.28 bits per heavy atom. The summed E-state index contributed by atoms with van der Waals surface area (Å²) in [5.74, 6) is 0.825. The van der Waals surface area contributed by atoms with Crippen molar-refractivity contribution in [3.05, 3.63) is 58.2 Å². The molecule has 3 aromatic heterocycles. The smallest absolute Gasteiger partial charge is 0.188 e. The Morgan fingerprint density at radius 1 is 1.08 bits per heavy atom. The number of methoxy groups -OCH3 is 2. The molecule has 0 aliphatic rings. The Labute approximate surface area is 212 Å². The van der Waals surface area contributed by atoms with Gasteiger partial charge in [0.1, 0.15) is 34.7 Å². The summed E-state index contributed by atoms with van der Waals surface area (Å²) in [4.78, 5) is 12.7. The number of aliphatic hydroxyl groups is 1. The molecule has 3 heterocycles. The normalized spacial score (nSPS) is 13.4. The first-order valence-electron chi connectivity index (χ1n) is 10.9. The molecule has 0 aliphatic heterocycles. The largest absolute Gasteiger partial charge is 0.494 e. The molecular formula is C23H26N6O5S2. The number of aromatic nitrogens is 6. The van der Waals surface area contributed by atoms with Crippen LogP contribution in [0.25, 0.3) is 17.2 Å². The van der Waals surface area contributed by atoms with E-state index in [4.69, 9.17) is 9.47 Å². The van der Waals surface area contributed by atoms with Gasteiger partial charge in [-0.2, -0.15) is 0 Å². The van der Waals surface area contributed by atoms with Gasteiger partial charge in [-0.05, 0) is 38.5 Å². The predicted octanol–water partition coefficient (Wildman–Crippen LogP) is 2.85. The molecule has 4 aromatic rings. The zero-order valence-corrected chi connectivity index (χ0v) is 22.0. The minimum atomic E-state index is -3.96. The van der Waals surface area contributed by atoms with Gasteiger partial charge in [0.25, 0.3) is 0 Å². The average molecular weight is 531 g/mol. The highest BCUT2D eigenvalue weighted by molar-refractivity contribution is 7.91. The van der Waals surface area contributed by atoms with Crippen LogP contribution >= 0.6 is 11.3 Å². The third-order valence-electron chi connectivity index (χ3n) is 5.61. The van der Waals surface area contributed by atoms with Crippen LogP contribution in [0, 0.1) is 13.8 Å². The van der Waals surface area contributed by atoms with E-state index in [0.29, 0.717) is 28.7 Å². The lowest BCUT2D eigenvalue weighted by Gasteiger charge is -2.20. The maximum atomic E-state index is 13.5. The molecule has 0 aliphatic carbocycles. The van der Waals surface area contributed by atoms with Gasteiger partial charge in [-0.3, -0.25) is 4.57 Å². The van der Waals surface area contributed by atoms with Crippen LogP contribution in [0.2, 0.25) is 0 Å². The van der Waals surface area contributed by atoms with Crippen LogP contribution in [0.15, 0.2) is 36.0 Å². The summed E-state index contributed by atoms with van der Waals surface area (Å²) in [5.41, 5.74) is 1.77. The molecule has 1 N–H and O–H groups in total. The molecule has 1 aromatic carbocycles. The number of rotatable bonds is 9. The van der Waals surface area contributed by atoms with Crippen LogP contribution in [0.5, 0.6) is 11.5 Å². The summed E-state index contributed by atoms with van der Waals surface area (Å²) in [6, 6.07) is 5.22. The standard InChI is InChI=1S/C23H26N6O5S2/c1-13-9-24-22(25-10-13)21(30)14(2)36(31,32)12-19-27-28-23(16-11-35-15(3)26-16)29(19)20-17(33-4)7-6-8-18(20)34-5/h6-11,14,21,30H,12H2,1-5H3/t14-,21-/m0/s1. The van der Waals surface area contributed by atoms with Crippen LogP contribution in [-0.2, 0) is 15.6 Å². The number of nitrogens with zero attached hydrogens (tertiary/aromatic N) is 6. The summed E-state index contributed by atoms with van der Waals surface area (Å²) >= 11 is 1.43. The van der Waals surface area contributed by atoms with Crippen molar-refractivity contribution >= 4 is 21.2 Å². The molecule has 0 bridgehead atoms. The third-order valence-corrected chi connectivity index (χ3v) is 8.44. The molecule has 190 valence electrons. The van der Waals surface area contributed by atoms with E-state index >= 15 is 0 Å². The van der Waals surface area contributed by atoms with Gasteiger partial charge in [-0.1, -0.05) is 6.07 Å². The summed E-state index contributed by atoms with van der Waals surface area (Å²) in [7, 11) is -0.946. The van der Waals surface area contributed by atoms with Crippen molar-refractivity contribution in [1.29, 1.82) is 0 Å². The molecule has 36 heavy (non-hydrogen) atoms. The number of hydrogen-bond donors (Lipinski definition) is 1. The molecule has 0 saturated carbocycles. The number of thiazole rings is 1. The van der Waals surface area contributed by atoms with Gasteiger partial charge in [0.05, 0.1) is 24.5 Å². The van der Waals surface area contributed by atoms with E-state index in [1.54, 1.807) is 29.7 Å². The fourth-order valence-corrected chi connectivity index (χ4v) is 5.52. The maximum absolute atomic E-state index is 13.5. The van der Waals surface area contributed by atoms with E-state index in [9.17, 15) is 13.5 Å². The van der Waals surface area contributed by atoms with Crippen LogP contribution < -0.4 is 9.47 Å². The molecule has 0 saturated heterocycles. The second-order valence-corrected chi connectivity index (χ2v) is 11.5. The first kappa shape index (κ1) is 25.7. The highest BCUT2D eigenvalue weighted by atomic mass is 32.2. The van der Waals surface area contributed by atoms with Gasteiger partial charge in [-0.15, -0.1) is 21.5 Å². The number of aryl methyl sites for hydroxylation is 2. The molecule has 0 spiro atoms. The average Bonchev–Trinajstić information content (AvgIpc) is 3.48. The van der Waals surface area contributed by atoms with Gasteiger partial charge in [0.15, 0.2) is 27.3 Å². The van der Waals surface area contributed by atoms with Crippen molar-refractivity contribution in [1.82, 2.24) is 29.7 Å². The zero-order valence-electron chi connectivity index (χ0n) is 20.4. The fourth-order valence-electron chi connectivity index (χ4n) is 3.60. The number of sulfone groups is 1. The maximum Gasteiger partial charge on any atom is 0.188 e. The summed E-state index contributed by atoms with van der Waals surface area (Å²) in [6.45, 7) is 5.08. The molecule has 13 heteroatoms. The van der Waals surface area contributed by atoms with Crippen molar-refractivity contribution in [3.8, 4) is 28.7 Å². The summed E-state index contributed by atoms with van der Waals surface area (Å²) in [5, 5.41) is 20.6. The molecule has 0 unspecified atom stereocenters. The topological polar surface area (TPSA) is 142 Å². The Bertz CT molecular complexity index is 1440. The van der Waals surface area contributed by atoms with Crippen molar-refractivity contribution in [2.75, 3.05) is 14.2 Å². The second kappa shape index (κ2) is 10.3. The second-order valence-electron chi connectivity index (χ2n) is 8.11. The van der Waals surface area contributed by atoms with Gasteiger partial charge in [-0.25, -0.2) is 23.4 Å². The molecule has 0 radical (unpaired) electrons. The van der Waals surface area contributed by atoms with E-state index in [1.807, 2.05) is 12.3 Å². The fraction of sp³-hybridized carbons (Fsp3) is 0.348. The lowest BCUT2D eigenvalue weighted by atomic mass is 10.2.